The van der Waals surface area contributed by atoms with Gasteiger partial charge in [-0.15, -0.1) is 11.6 Å². The molecule has 0 aromatic rings. The highest BCUT2D eigenvalue weighted by atomic mass is 35.5. The Balaban J connectivity index is 1.74. The van der Waals surface area contributed by atoms with Gasteiger partial charge in [0.05, 0.1) is 0 Å². The van der Waals surface area contributed by atoms with Gasteiger partial charge >= 0.3 is 0 Å². The summed E-state index contributed by atoms with van der Waals surface area (Å²) in [5.74, 6) is 2.30. The van der Waals surface area contributed by atoms with E-state index in [1.54, 1.807) is 0 Å². The Morgan fingerprint density at radius 3 is 2.67 bits per heavy atom. The van der Waals surface area contributed by atoms with Crippen molar-refractivity contribution in [2.24, 2.45) is 17.8 Å². The van der Waals surface area contributed by atoms with Gasteiger partial charge in [-0.05, 0) is 44.4 Å². The lowest BCUT2D eigenvalue weighted by Crippen LogP contribution is -2.38. The van der Waals surface area contributed by atoms with E-state index >= 15 is 0 Å². The lowest BCUT2D eigenvalue weighted by molar-refractivity contribution is -0.127. The number of hydrogen-bond donors (Lipinski definition) is 1. The van der Waals surface area contributed by atoms with Crippen LogP contribution < -0.4 is 5.32 Å². The first-order valence-corrected chi connectivity index (χ1v) is 8.02. The summed E-state index contributed by atoms with van der Waals surface area (Å²) in [6.07, 6.45) is 9.91. The van der Waals surface area contributed by atoms with Crippen molar-refractivity contribution in [3.05, 3.63) is 0 Å². The van der Waals surface area contributed by atoms with Gasteiger partial charge in [0.25, 0.3) is 0 Å². The van der Waals surface area contributed by atoms with Crippen molar-refractivity contribution in [1.29, 1.82) is 0 Å². The molecule has 1 N–H and O–H groups in total. The molecule has 0 radical (unpaired) electrons. The fraction of sp³-hybridized carbons (Fsp3) is 0.933. The van der Waals surface area contributed by atoms with Gasteiger partial charge in [-0.25, -0.2) is 0 Å². The molecule has 104 valence electrons. The van der Waals surface area contributed by atoms with Crippen molar-refractivity contribution < 1.29 is 4.79 Å². The molecule has 0 saturated heterocycles. The minimum absolute atomic E-state index is 0.152. The second-order valence-electron chi connectivity index (χ2n) is 6.18. The summed E-state index contributed by atoms with van der Waals surface area (Å²) in [5.41, 5.74) is 0. The lowest BCUT2D eigenvalue weighted by Gasteiger charge is -2.38. The van der Waals surface area contributed by atoms with E-state index in [0.717, 1.165) is 37.6 Å². The molecule has 2 fully saturated rings. The number of carbonyl (C=O) groups is 1. The van der Waals surface area contributed by atoms with Gasteiger partial charge in [-0.1, -0.05) is 25.7 Å². The summed E-state index contributed by atoms with van der Waals surface area (Å²) >= 11 is 5.89. The van der Waals surface area contributed by atoms with Crippen LogP contribution in [0, 0.1) is 17.8 Å². The highest BCUT2D eigenvalue weighted by molar-refractivity contribution is 6.20. The third-order valence-electron chi connectivity index (χ3n) is 4.75. The third-order valence-corrected chi connectivity index (χ3v) is 4.97. The maximum Gasteiger partial charge on any atom is 0.223 e. The predicted molar refractivity (Wildman–Crippen MR) is 75.7 cm³/mol. The van der Waals surface area contributed by atoms with E-state index in [4.69, 9.17) is 11.6 Å². The molecule has 0 heterocycles. The van der Waals surface area contributed by atoms with E-state index in [2.05, 4.69) is 5.32 Å². The predicted octanol–water partition coefficient (Wildman–Crippen LogP) is 3.73. The topological polar surface area (TPSA) is 29.1 Å². The number of halogens is 1. The molecule has 0 bridgehead atoms. The van der Waals surface area contributed by atoms with Gasteiger partial charge in [0.2, 0.25) is 5.91 Å². The smallest absolute Gasteiger partial charge is 0.223 e. The molecule has 2 aliphatic rings. The van der Waals surface area contributed by atoms with Crippen molar-refractivity contribution in [3.8, 4) is 0 Å². The monoisotopic (exact) mass is 271 g/mol. The first-order valence-electron chi connectivity index (χ1n) is 7.58. The van der Waals surface area contributed by atoms with E-state index in [9.17, 15) is 4.79 Å². The van der Waals surface area contributed by atoms with Gasteiger partial charge < -0.3 is 5.32 Å². The van der Waals surface area contributed by atoms with Crippen LogP contribution in [0.5, 0.6) is 0 Å². The van der Waals surface area contributed by atoms with Crippen LogP contribution in [0.2, 0.25) is 0 Å². The van der Waals surface area contributed by atoms with Crippen molar-refractivity contribution in [2.45, 2.75) is 63.7 Å². The molecule has 2 rings (SSSR count). The molecule has 0 aromatic carbocycles. The molecule has 18 heavy (non-hydrogen) atoms. The second kappa shape index (κ2) is 6.79. The van der Waals surface area contributed by atoms with Gasteiger partial charge in [-0.2, -0.15) is 0 Å². The first kappa shape index (κ1) is 14.2. The minimum Gasteiger partial charge on any atom is -0.356 e. The molecule has 0 aromatic heterocycles. The van der Waals surface area contributed by atoms with E-state index in [1.165, 1.54) is 32.1 Å². The highest BCUT2D eigenvalue weighted by Gasteiger charge is 2.34. The lowest BCUT2D eigenvalue weighted by atomic mass is 9.67. The van der Waals surface area contributed by atoms with E-state index in [-0.39, 0.29) is 17.2 Å². The molecule has 2 nitrogen and oxygen atoms in total. The molecule has 1 amide bonds. The Morgan fingerprint density at radius 1 is 1.22 bits per heavy atom. The Bertz CT molecular complexity index is 280. The van der Waals surface area contributed by atoms with Crippen LogP contribution in [0.4, 0.5) is 0 Å². The van der Waals surface area contributed by atoms with Crippen LogP contribution in [0.25, 0.3) is 0 Å². The standard InChI is InChI=1S/C15H26ClNO/c1-11(16)8-9-17-15(18)14-7-6-12-4-2-3-5-13(12)10-14/h11-14H,2-10H2,1H3,(H,17,18). The number of carbonyl (C=O) groups excluding carboxylic acids is 1. The van der Waals surface area contributed by atoms with Gasteiger partial charge in [-0.3, -0.25) is 4.79 Å². The summed E-state index contributed by atoms with van der Waals surface area (Å²) in [4.78, 5) is 12.1. The zero-order valence-corrected chi connectivity index (χ0v) is 12.2. The average Bonchev–Trinajstić information content (AvgIpc) is 2.37. The number of fused-ring (bicyclic) bond motifs is 1. The van der Waals surface area contributed by atoms with Gasteiger partial charge in [0.1, 0.15) is 0 Å². The molecule has 3 heteroatoms. The fourth-order valence-electron chi connectivity index (χ4n) is 3.65. The highest BCUT2D eigenvalue weighted by Crippen LogP contribution is 2.42. The van der Waals surface area contributed by atoms with E-state index < -0.39 is 0 Å². The molecular weight excluding hydrogens is 246 g/mol. The summed E-state index contributed by atoms with van der Waals surface area (Å²) in [6.45, 7) is 2.70. The maximum absolute atomic E-state index is 12.1. The fourth-order valence-corrected chi connectivity index (χ4v) is 3.76. The zero-order valence-electron chi connectivity index (χ0n) is 11.5. The van der Waals surface area contributed by atoms with Crippen LogP contribution in [0.15, 0.2) is 0 Å². The largest absolute Gasteiger partial charge is 0.356 e. The molecule has 0 spiro atoms. The molecule has 2 aliphatic carbocycles. The van der Waals surface area contributed by atoms with Crippen molar-refractivity contribution in [2.75, 3.05) is 6.54 Å². The molecule has 4 unspecified atom stereocenters. The molecule has 4 atom stereocenters. The van der Waals surface area contributed by atoms with Crippen LogP contribution in [-0.4, -0.2) is 17.8 Å². The summed E-state index contributed by atoms with van der Waals surface area (Å²) < 4.78 is 0. The Morgan fingerprint density at radius 2 is 1.94 bits per heavy atom. The zero-order chi connectivity index (χ0) is 13.0. The van der Waals surface area contributed by atoms with E-state index in [0.29, 0.717) is 0 Å². The average molecular weight is 272 g/mol. The number of hydrogen-bond acceptors (Lipinski definition) is 1. The second-order valence-corrected chi connectivity index (χ2v) is 6.92. The summed E-state index contributed by atoms with van der Waals surface area (Å²) in [5, 5.41) is 3.21. The van der Waals surface area contributed by atoms with Crippen LogP contribution in [-0.2, 0) is 4.79 Å². The van der Waals surface area contributed by atoms with Crippen LogP contribution >= 0.6 is 11.6 Å². The Hall–Kier alpha value is -0.240. The SMILES string of the molecule is CC(Cl)CCNC(=O)C1CCC2CCCCC2C1. The molecule has 2 saturated carbocycles. The first-order chi connectivity index (χ1) is 8.66. The Kier molecular flexibility index (Phi) is 5.35. The third kappa shape index (κ3) is 3.88. The minimum atomic E-state index is 0.152. The quantitative estimate of drug-likeness (QED) is 0.776. The molecular formula is C15H26ClNO. The number of rotatable bonds is 4. The normalized spacial score (nSPS) is 33.6. The molecule has 0 aliphatic heterocycles. The summed E-state index contributed by atoms with van der Waals surface area (Å²) in [6, 6.07) is 0. The van der Waals surface area contributed by atoms with Crippen molar-refractivity contribution >= 4 is 17.5 Å². The number of amides is 1. The number of nitrogens with one attached hydrogen (secondary N) is 1. The van der Waals surface area contributed by atoms with Crippen LogP contribution in [0.1, 0.15) is 58.3 Å². The summed E-state index contributed by atoms with van der Waals surface area (Å²) in [7, 11) is 0. The number of alkyl halides is 1. The van der Waals surface area contributed by atoms with Crippen LogP contribution in [0.3, 0.4) is 0 Å². The Labute approximate surface area is 116 Å². The van der Waals surface area contributed by atoms with Crippen molar-refractivity contribution in [3.63, 3.8) is 0 Å². The maximum atomic E-state index is 12.1. The van der Waals surface area contributed by atoms with Gasteiger partial charge in [0.15, 0.2) is 0 Å². The van der Waals surface area contributed by atoms with E-state index in [1.807, 2.05) is 6.92 Å². The van der Waals surface area contributed by atoms with Crippen molar-refractivity contribution in [1.82, 2.24) is 5.32 Å². The van der Waals surface area contributed by atoms with Gasteiger partial charge in [0, 0.05) is 17.8 Å².